The Labute approximate surface area is 89.0 Å². The number of benzene rings is 1. The second-order valence-corrected chi connectivity index (χ2v) is 3.83. The molecular formula is C12H15FO2. The van der Waals surface area contributed by atoms with Crippen LogP contribution in [-0.4, -0.2) is 12.2 Å². The predicted molar refractivity (Wildman–Crippen MR) is 57.7 cm³/mol. The van der Waals surface area contributed by atoms with Gasteiger partial charge in [0.1, 0.15) is 5.82 Å². The molecule has 0 radical (unpaired) electrons. The Kier molecular flexibility index (Phi) is 3.48. The molecule has 1 aromatic rings. The van der Waals surface area contributed by atoms with Gasteiger partial charge in [-0.05, 0) is 31.6 Å². The number of hydrogen-bond acceptors (Lipinski definition) is 2. The van der Waals surface area contributed by atoms with E-state index in [0.29, 0.717) is 11.1 Å². The fourth-order valence-electron chi connectivity index (χ4n) is 1.18. The Morgan fingerprint density at radius 3 is 2.53 bits per heavy atom. The van der Waals surface area contributed by atoms with Gasteiger partial charge >= 0.3 is 0 Å². The van der Waals surface area contributed by atoms with Crippen LogP contribution in [0.15, 0.2) is 24.5 Å². The topological polar surface area (TPSA) is 29.5 Å². The third-order valence-electron chi connectivity index (χ3n) is 2.09. The van der Waals surface area contributed by atoms with Crippen LogP contribution in [0.3, 0.4) is 0 Å². The summed E-state index contributed by atoms with van der Waals surface area (Å²) in [7, 11) is 1.50. The van der Waals surface area contributed by atoms with Gasteiger partial charge in [-0.3, -0.25) is 0 Å². The molecule has 0 saturated carbocycles. The Bertz CT molecular complexity index is 364. The highest BCUT2D eigenvalue weighted by atomic mass is 19.1. The molecule has 1 rings (SSSR count). The molecule has 0 aliphatic carbocycles. The van der Waals surface area contributed by atoms with E-state index in [1.807, 2.05) is 0 Å². The standard InChI is InChI=1S/C12H15FO2/c1-12(2,14)10-5-4-9(6-7-15-3)11(13)8-10/h4-8,14H,1-3H3/b7-6+. The molecule has 0 bridgehead atoms. The van der Waals surface area contributed by atoms with Gasteiger partial charge in [-0.15, -0.1) is 0 Å². The summed E-state index contributed by atoms with van der Waals surface area (Å²) < 4.78 is 18.2. The Balaban J connectivity index is 3.04. The predicted octanol–water partition coefficient (Wildman–Crippen LogP) is 2.67. The maximum Gasteiger partial charge on any atom is 0.130 e. The van der Waals surface area contributed by atoms with Crippen molar-refractivity contribution >= 4 is 6.08 Å². The van der Waals surface area contributed by atoms with Gasteiger partial charge in [-0.1, -0.05) is 12.1 Å². The summed E-state index contributed by atoms with van der Waals surface area (Å²) >= 11 is 0. The average Bonchev–Trinajstić information content (AvgIpc) is 2.14. The summed E-state index contributed by atoms with van der Waals surface area (Å²) in [6.07, 6.45) is 2.94. The molecule has 15 heavy (non-hydrogen) atoms. The van der Waals surface area contributed by atoms with Crippen molar-refractivity contribution < 1.29 is 14.2 Å². The van der Waals surface area contributed by atoms with Crippen LogP contribution in [0, 0.1) is 5.82 Å². The summed E-state index contributed by atoms with van der Waals surface area (Å²) in [5, 5.41) is 9.67. The Morgan fingerprint density at radius 1 is 1.40 bits per heavy atom. The van der Waals surface area contributed by atoms with Gasteiger partial charge in [-0.25, -0.2) is 4.39 Å². The Morgan fingerprint density at radius 2 is 2.07 bits per heavy atom. The number of hydrogen-bond donors (Lipinski definition) is 1. The molecule has 0 saturated heterocycles. The first-order valence-corrected chi connectivity index (χ1v) is 4.67. The molecule has 82 valence electrons. The average molecular weight is 210 g/mol. The highest BCUT2D eigenvalue weighted by Crippen LogP contribution is 2.22. The number of ether oxygens (including phenoxy) is 1. The molecule has 0 fully saturated rings. The quantitative estimate of drug-likeness (QED) is 0.777. The summed E-state index contributed by atoms with van der Waals surface area (Å²) in [4.78, 5) is 0. The molecule has 0 spiro atoms. The van der Waals surface area contributed by atoms with E-state index in [0.717, 1.165) is 0 Å². The van der Waals surface area contributed by atoms with Crippen molar-refractivity contribution in [3.05, 3.63) is 41.4 Å². The van der Waals surface area contributed by atoms with E-state index in [4.69, 9.17) is 4.74 Å². The van der Waals surface area contributed by atoms with Crippen molar-refractivity contribution in [3.8, 4) is 0 Å². The molecule has 3 heteroatoms. The lowest BCUT2D eigenvalue weighted by Gasteiger charge is -2.17. The molecule has 0 unspecified atom stereocenters. The molecule has 1 aromatic carbocycles. The van der Waals surface area contributed by atoms with Crippen LogP contribution in [0.5, 0.6) is 0 Å². The van der Waals surface area contributed by atoms with Gasteiger partial charge in [0, 0.05) is 5.56 Å². The van der Waals surface area contributed by atoms with Gasteiger partial charge < -0.3 is 9.84 Å². The second-order valence-electron chi connectivity index (χ2n) is 3.83. The first kappa shape index (κ1) is 11.7. The minimum atomic E-state index is -1.02. The van der Waals surface area contributed by atoms with Crippen molar-refractivity contribution in [3.63, 3.8) is 0 Å². The summed E-state index contributed by atoms with van der Waals surface area (Å²) in [5.41, 5.74) is -0.0379. The van der Waals surface area contributed by atoms with Crippen LogP contribution < -0.4 is 0 Å². The van der Waals surface area contributed by atoms with E-state index >= 15 is 0 Å². The molecule has 1 N–H and O–H groups in total. The molecule has 0 aliphatic heterocycles. The lowest BCUT2D eigenvalue weighted by atomic mass is 9.97. The first-order chi connectivity index (χ1) is 6.95. The highest BCUT2D eigenvalue weighted by Gasteiger charge is 2.16. The van der Waals surface area contributed by atoms with E-state index in [2.05, 4.69) is 0 Å². The molecule has 0 atom stereocenters. The van der Waals surface area contributed by atoms with Crippen molar-refractivity contribution in [1.29, 1.82) is 0 Å². The lowest BCUT2D eigenvalue weighted by Crippen LogP contribution is -2.15. The van der Waals surface area contributed by atoms with Gasteiger partial charge in [-0.2, -0.15) is 0 Å². The highest BCUT2D eigenvalue weighted by molar-refractivity contribution is 5.50. The molecule has 0 heterocycles. The SMILES string of the molecule is CO/C=C/c1ccc(C(C)(C)O)cc1F. The number of rotatable bonds is 3. The zero-order valence-corrected chi connectivity index (χ0v) is 9.12. The van der Waals surface area contributed by atoms with Gasteiger partial charge in [0.05, 0.1) is 19.0 Å². The third-order valence-corrected chi connectivity index (χ3v) is 2.09. The lowest BCUT2D eigenvalue weighted by molar-refractivity contribution is 0.0782. The normalized spacial score (nSPS) is 12.1. The van der Waals surface area contributed by atoms with Crippen molar-refractivity contribution in [2.75, 3.05) is 7.11 Å². The third kappa shape index (κ3) is 3.06. The van der Waals surface area contributed by atoms with Crippen LogP contribution in [-0.2, 0) is 10.3 Å². The van der Waals surface area contributed by atoms with Crippen LogP contribution in [0.4, 0.5) is 4.39 Å². The minimum absolute atomic E-state index is 0.372. The van der Waals surface area contributed by atoms with Gasteiger partial charge in [0.15, 0.2) is 0 Å². The molecule has 0 aliphatic rings. The largest absolute Gasteiger partial charge is 0.504 e. The van der Waals surface area contributed by atoms with Crippen molar-refractivity contribution in [1.82, 2.24) is 0 Å². The molecule has 0 amide bonds. The van der Waals surface area contributed by atoms with Crippen LogP contribution in [0.25, 0.3) is 6.08 Å². The summed E-state index contributed by atoms with van der Waals surface area (Å²) in [6.45, 7) is 3.24. The zero-order chi connectivity index (χ0) is 11.5. The van der Waals surface area contributed by atoms with Crippen LogP contribution >= 0.6 is 0 Å². The van der Waals surface area contributed by atoms with Gasteiger partial charge in [0.2, 0.25) is 0 Å². The molecule has 2 nitrogen and oxygen atoms in total. The fourth-order valence-corrected chi connectivity index (χ4v) is 1.18. The van der Waals surface area contributed by atoms with E-state index < -0.39 is 5.60 Å². The zero-order valence-electron chi connectivity index (χ0n) is 9.12. The summed E-state index contributed by atoms with van der Waals surface area (Å²) in [5.74, 6) is -0.372. The minimum Gasteiger partial charge on any atom is -0.504 e. The van der Waals surface area contributed by atoms with E-state index in [1.54, 1.807) is 26.0 Å². The van der Waals surface area contributed by atoms with Crippen LogP contribution in [0.2, 0.25) is 0 Å². The van der Waals surface area contributed by atoms with Crippen LogP contribution in [0.1, 0.15) is 25.0 Å². The maximum absolute atomic E-state index is 13.5. The van der Waals surface area contributed by atoms with Gasteiger partial charge in [0.25, 0.3) is 0 Å². The Hall–Kier alpha value is -1.35. The number of halogens is 1. The van der Waals surface area contributed by atoms with Crippen molar-refractivity contribution in [2.45, 2.75) is 19.4 Å². The van der Waals surface area contributed by atoms with E-state index in [9.17, 15) is 9.50 Å². The number of methoxy groups -OCH3 is 1. The molecular weight excluding hydrogens is 195 g/mol. The van der Waals surface area contributed by atoms with Crippen molar-refractivity contribution in [2.24, 2.45) is 0 Å². The summed E-state index contributed by atoms with van der Waals surface area (Å²) in [6, 6.07) is 4.63. The first-order valence-electron chi connectivity index (χ1n) is 4.67. The monoisotopic (exact) mass is 210 g/mol. The van der Waals surface area contributed by atoms with E-state index in [-0.39, 0.29) is 5.82 Å². The molecule has 0 aromatic heterocycles. The smallest absolute Gasteiger partial charge is 0.130 e. The van der Waals surface area contributed by atoms with E-state index in [1.165, 1.54) is 25.5 Å². The second kappa shape index (κ2) is 4.45. The fraction of sp³-hybridized carbons (Fsp3) is 0.333. The number of aliphatic hydroxyl groups is 1. The maximum atomic E-state index is 13.5.